The Hall–Kier alpha value is -3.02. The van der Waals surface area contributed by atoms with E-state index in [1.165, 1.54) is 12.1 Å². The van der Waals surface area contributed by atoms with E-state index in [9.17, 15) is 9.18 Å². The molecule has 0 N–H and O–H groups in total. The molecule has 134 valence electrons. The van der Waals surface area contributed by atoms with Crippen LogP contribution in [0.5, 0.6) is 0 Å². The highest BCUT2D eigenvalue weighted by molar-refractivity contribution is 5.80. The zero-order valence-electron chi connectivity index (χ0n) is 14.6. The second kappa shape index (κ2) is 8.38. The van der Waals surface area contributed by atoms with Crippen LogP contribution in [0.1, 0.15) is 30.6 Å². The highest BCUT2D eigenvalue weighted by Gasteiger charge is 2.25. The maximum atomic E-state index is 13.2. The molecule has 3 rings (SSSR count). The average Bonchev–Trinajstić information content (AvgIpc) is 3.19. The van der Waals surface area contributed by atoms with Crippen molar-refractivity contribution in [1.29, 1.82) is 0 Å². The molecule has 2 heterocycles. The molecule has 26 heavy (non-hydrogen) atoms. The van der Waals surface area contributed by atoms with E-state index in [2.05, 4.69) is 10.1 Å². The van der Waals surface area contributed by atoms with Crippen molar-refractivity contribution in [2.75, 3.05) is 0 Å². The second-order valence-corrected chi connectivity index (χ2v) is 6.05. The first-order valence-electron chi connectivity index (χ1n) is 8.59. The van der Waals surface area contributed by atoms with Gasteiger partial charge in [0.25, 0.3) is 0 Å². The minimum Gasteiger partial charge on any atom is -0.331 e. The molecule has 0 bridgehead atoms. The number of amides is 1. The van der Waals surface area contributed by atoms with Crippen LogP contribution >= 0.6 is 0 Å². The molecular weight excluding hydrogens is 331 g/mol. The van der Waals surface area contributed by atoms with Crippen molar-refractivity contribution in [2.24, 2.45) is 0 Å². The number of halogens is 1. The summed E-state index contributed by atoms with van der Waals surface area (Å²) in [4.78, 5) is 19.3. The first-order valence-corrected chi connectivity index (χ1v) is 8.59. The zero-order valence-corrected chi connectivity index (χ0v) is 14.6. The number of hydrogen-bond acceptors (Lipinski definition) is 3. The van der Waals surface area contributed by atoms with Crippen molar-refractivity contribution in [3.8, 4) is 0 Å². The molecule has 1 aromatic carbocycles. The van der Waals surface area contributed by atoms with Gasteiger partial charge in [-0.2, -0.15) is 5.10 Å². The van der Waals surface area contributed by atoms with Gasteiger partial charge in [-0.05, 0) is 42.3 Å². The number of rotatable bonds is 7. The van der Waals surface area contributed by atoms with Crippen LogP contribution in [-0.2, 0) is 17.9 Å². The highest BCUT2D eigenvalue weighted by Crippen LogP contribution is 2.18. The summed E-state index contributed by atoms with van der Waals surface area (Å²) in [6.45, 7) is 2.73. The van der Waals surface area contributed by atoms with E-state index in [0.29, 0.717) is 19.5 Å². The Morgan fingerprint density at radius 1 is 1.12 bits per heavy atom. The van der Waals surface area contributed by atoms with E-state index in [-0.39, 0.29) is 17.8 Å². The molecule has 5 nitrogen and oxygen atoms in total. The summed E-state index contributed by atoms with van der Waals surface area (Å²) in [6, 6.07) is 13.3. The SMILES string of the molecule is CC[C@H](C(=O)N(Cc1ccc(F)cc1)Cc1ccccn1)n1cccn1. The Morgan fingerprint density at radius 3 is 2.54 bits per heavy atom. The Bertz CT molecular complexity index is 819. The van der Waals surface area contributed by atoms with Crippen LogP contribution in [0.25, 0.3) is 0 Å². The highest BCUT2D eigenvalue weighted by atomic mass is 19.1. The molecule has 6 heteroatoms. The van der Waals surface area contributed by atoms with E-state index >= 15 is 0 Å². The molecule has 0 saturated heterocycles. The molecule has 0 fully saturated rings. The summed E-state index contributed by atoms with van der Waals surface area (Å²) in [5, 5.41) is 4.22. The maximum Gasteiger partial charge on any atom is 0.248 e. The fraction of sp³-hybridized carbons (Fsp3) is 0.250. The first kappa shape index (κ1) is 17.8. The number of carbonyl (C=O) groups excluding carboxylic acids is 1. The second-order valence-electron chi connectivity index (χ2n) is 6.05. The van der Waals surface area contributed by atoms with Gasteiger partial charge in [-0.1, -0.05) is 25.1 Å². The van der Waals surface area contributed by atoms with Gasteiger partial charge in [-0.25, -0.2) is 4.39 Å². The Kier molecular flexibility index (Phi) is 5.73. The number of carbonyl (C=O) groups is 1. The quantitative estimate of drug-likeness (QED) is 0.653. The summed E-state index contributed by atoms with van der Waals surface area (Å²) in [7, 11) is 0. The molecule has 0 aliphatic carbocycles. The Balaban J connectivity index is 1.85. The number of pyridine rings is 1. The van der Waals surface area contributed by atoms with Gasteiger partial charge < -0.3 is 4.90 Å². The van der Waals surface area contributed by atoms with E-state index in [4.69, 9.17) is 0 Å². The summed E-state index contributed by atoms with van der Waals surface area (Å²) >= 11 is 0. The summed E-state index contributed by atoms with van der Waals surface area (Å²) in [5.41, 5.74) is 1.67. The Labute approximate surface area is 152 Å². The van der Waals surface area contributed by atoms with E-state index < -0.39 is 0 Å². The van der Waals surface area contributed by atoms with Crippen molar-refractivity contribution >= 4 is 5.91 Å². The van der Waals surface area contributed by atoms with Crippen LogP contribution in [0, 0.1) is 5.82 Å². The maximum absolute atomic E-state index is 13.2. The fourth-order valence-corrected chi connectivity index (χ4v) is 2.86. The zero-order chi connectivity index (χ0) is 18.4. The molecule has 1 amide bonds. The third-order valence-corrected chi connectivity index (χ3v) is 4.19. The van der Waals surface area contributed by atoms with Crippen molar-refractivity contribution in [1.82, 2.24) is 19.7 Å². The fourth-order valence-electron chi connectivity index (χ4n) is 2.86. The van der Waals surface area contributed by atoms with Crippen molar-refractivity contribution in [3.05, 3.63) is 84.2 Å². The lowest BCUT2D eigenvalue weighted by Gasteiger charge is -2.27. The molecule has 3 aromatic rings. The predicted molar refractivity (Wildman–Crippen MR) is 96.4 cm³/mol. The third kappa shape index (κ3) is 4.33. The topological polar surface area (TPSA) is 51.0 Å². The molecule has 0 aliphatic heterocycles. The van der Waals surface area contributed by atoms with Gasteiger partial charge >= 0.3 is 0 Å². The average molecular weight is 352 g/mol. The van der Waals surface area contributed by atoms with Gasteiger partial charge in [0.2, 0.25) is 5.91 Å². The van der Waals surface area contributed by atoms with Gasteiger partial charge in [-0.3, -0.25) is 14.5 Å². The van der Waals surface area contributed by atoms with E-state index in [1.54, 1.807) is 46.4 Å². The van der Waals surface area contributed by atoms with Crippen LogP contribution < -0.4 is 0 Å². The molecule has 0 radical (unpaired) electrons. The lowest BCUT2D eigenvalue weighted by molar-refractivity contribution is -0.136. The molecular formula is C20H21FN4O. The monoisotopic (exact) mass is 352 g/mol. The minimum absolute atomic E-state index is 0.0359. The van der Waals surface area contributed by atoms with Gasteiger partial charge in [0.15, 0.2) is 0 Å². The summed E-state index contributed by atoms with van der Waals surface area (Å²) in [6.07, 6.45) is 5.80. The van der Waals surface area contributed by atoms with Crippen LogP contribution in [0.4, 0.5) is 4.39 Å². The molecule has 0 spiro atoms. The first-order chi connectivity index (χ1) is 12.7. The smallest absolute Gasteiger partial charge is 0.248 e. The largest absolute Gasteiger partial charge is 0.331 e. The number of nitrogens with zero attached hydrogens (tertiary/aromatic N) is 4. The lowest BCUT2D eigenvalue weighted by atomic mass is 10.1. The minimum atomic E-state index is -0.380. The predicted octanol–water partition coefficient (Wildman–Crippen LogP) is 3.60. The van der Waals surface area contributed by atoms with Crippen LogP contribution in [0.15, 0.2) is 67.1 Å². The van der Waals surface area contributed by atoms with Crippen LogP contribution in [-0.4, -0.2) is 25.6 Å². The van der Waals surface area contributed by atoms with E-state index in [0.717, 1.165) is 11.3 Å². The summed E-state index contributed by atoms with van der Waals surface area (Å²) < 4.78 is 14.9. The standard InChI is InChI=1S/C20H21FN4O/c1-2-19(25-13-5-12-23-25)20(26)24(15-18-6-3-4-11-22-18)14-16-7-9-17(21)10-8-16/h3-13,19H,2,14-15H2,1H3/t19-/m1/s1. The van der Waals surface area contributed by atoms with Gasteiger partial charge in [0.1, 0.15) is 11.9 Å². The number of aromatic nitrogens is 3. The number of hydrogen-bond donors (Lipinski definition) is 0. The van der Waals surface area contributed by atoms with Gasteiger partial charge in [0.05, 0.1) is 12.2 Å². The normalized spacial score (nSPS) is 11.9. The molecule has 0 saturated carbocycles. The van der Waals surface area contributed by atoms with Crippen molar-refractivity contribution in [3.63, 3.8) is 0 Å². The van der Waals surface area contributed by atoms with Crippen molar-refractivity contribution in [2.45, 2.75) is 32.5 Å². The number of benzene rings is 1. The Morgan fingerprint density at radius 2 is 1.92 bits per heavy atom. The van der Waals surface area contributed by atoms with Gasteiger partial charge in [0, 0.05) is 25.1 Å². The van der Waals surface area contributed by atoms with Crippen molar-refractivity contribution < 1.29 is 9.18 Å². The van der Waals surface area contributed by atoms with Crippen LogP contribution in [0.2, 0.25) is 0 Å². The third-order valence-electron chi connectivity index (χ3n) is 4.19. The molecule has 0 aliphatic rings. The summed E-state index contributed by atoms with van der Waals surface area (Å²) in [5.74, 6) is -0.328. The molecule has 2 aromatic heterocycles. The molecule has 1 atom stereocenters. The van der Waals surface area contributed by atoms with Gasteiger partial charge in [-0.15, -0.1) is 0 Å². The molecule has 0 unspecified atom stereocenters. The van der Waals surface area contributed by atoms with E-state index in [1.807, 2.05) is 25.1 Å². The van der Waals surface area contributed by atoms with Crippen LogP contribution in [0.3, 0.4) is 0 Å². The lowest BCUT2D eigenvalue weighted by Crippen LogP contribution is -2.36.